The first-order valence-corrected chi connectivity index (χ1v) is 12.0. The van der Waals surface area contributed by atoms with Crippen LogP contribution in [-0.2, 0) is 27.8 Å². The highest BCUT2D eigenvalue weighted by atomic mass is 32.2. The highest BCUT2D eigenvalue weighted by Gasteiger charge is 2.38. The molecule has 0 bridgehead atoms. The predicted molar refractivity (Wildman–Crippen MR) is 117 cm³/mol. The van der Waals surface area contributed by atoms with E-state index >= 15 is 0 Å². The van der Waals surface area contributed by atoms with Crippen LogP contribution in [0, 0.1) is 5.41 Å². The standard InChI is InChI=1S/C23H26N2O5S/c1-3-23(4-2)11-10-17-13-20(30-22(27)16-8-6-5-7-9-16)19(12-18(17)14-23)25-15-21(26)24-31(25,28)29/h5-9,12-13H,3-4,10-11,14-15H2,1-2H3,(H,24,26). The topological polar surface area (TPSA) is 92.8 Å². The Morgan fingerprint density at radius 2 is 1.84 bits per heavy atom. The molecule has 1 heterocycles. The zero-order valence-electron chi connectivity index (χ0n) is 17.7. The number of aryl methyl sites for hydroxylation is 1. The van der Waals surface area contributed by atoms with Crippen LogP contribution in [0.1, 0.15) is 54.6 Å². The van der Waals surface area contributed by atoms with Crippen molar-refractivity contribution in [2.75, 3.05) is 10.8 Å². The fraction of sp³-hybridized carbons (Fsp3) is 0.391. The van der Waals surface area contributed by atoms with Crippen LogP contribution in [0.15, 0.2) is 42.5 Å². The van der Waals surface area contributed by atoms with E-state index in [0.717, 1.165) is 47.5 Å². The molecule has 7 nitrogen and oxygen atoms in total. The summed E-state index contributed by atoms with van der Waals surface area (Å²) in [4.78, 5) is 24.5. The first kappa shape index (κ1) is 21.4. The number of anilines is 1. The van der Waals surface area contributed by atoms with Gasteiger partial charge in [0.1, 0.15) is 6.54 Å². The van der Waals surface area contributed by atoms with E-state index in [1.807, 2.05) is 4.72 Å². The van der Waals surface area contributed by atoms with Crippen molar-refractivity contribution in [1.82, 2.24) is 4.72 Å². The van der Waals surface area contributed by atoms with E-state index in [0.29, 0.717) is 5.56 Å². The van der Waals surface area contributed by atoms with Gasteiger partial charge in [-0.25, -0.2) is 13.8 Å². The molecule has 1 amide bonds. The van der Waals surface area contributed by atoms with Gasteiger partial charge in [0.15, 0.2) is 5.75 Å². The zero-order valence-corrected chi connectivity index (χ0v) is 18.5. The zero-order chi connectivity index (χ0) is 22.2. The molecule has 1 fully saturated rings. The predicted octanol–water partition coefficient (Wildman–Crippen LogP) is 3.38. The van der Waals surface area contributed by atoms with Crippen LogP contribution < -0.4 is 13.8 Å². The molecule has 2 aromatic rings. The number of nitrogens with zero attached hydrogens (tertiary/aromatic N) is 1. The van der Waals surface area contributed by atoms with E-state index in [9.17, 15) is 18.0 Å². The molecule has 0 saturated carbocycles. The second-order valence-corrected chi connectivity index (χ2v) is 9.86. The number of nitrogens with one attached hydrogen (secondary N) is 1. The number of carbonyl (C=O) groups is 2. The SMILES string of the molecule is CCC1(CC)CCc2cc(OC(=O)c3ccccc3)c(N3CC(=O)NS3(=O)=O)cc2C1. The lowest BCUT2D eigenvalue weighted by Crippen LogP contribution is -2.31. The van der Waals surface area contributed by atoms with Gasteiger partial charge in [0.2, 0.25) is 0 Å². The van der Waals surface area contributed by atoms with Crippen molar-refractivity contribution in [2.45, 2.75) is 46.0 Å². The second kappa shape index (κ2) is 8.00. The highest BCUT2D eigenvalue weighted by Crippen LogP contribution is 2.44. The molecule has 1 saturated heterocycles. The number of fused-ring (bicyclic) bond motifs is 1. The Morgan fingerprint density at radius 1 is 1.13 bits per heavy atom. The summed E-state index contributed by atoms with van der Waals surface area (Å²) >= 11 is 0. The van der Waals surface area contributed by atoms with E-state index < -0.39 is 22.1 Å². The summed E-state index contributed by atoms with van der Waals surface area (Å²) in [5.74, 6) is -1.05. The summed E-state index contributed by atoms with van der Waals surface area (Å²) < 4.78 is 33.7. The monoisotopic (exact) mass is 442 g/mol. The average molecular weight is 443 g/mol. The van der Waals surface area contributed by atoms with Gasteiger partial charge in [-0.05, 0) is 60.1 Å². The van der Waals surface area contributed by atoms with Crippen molar-refractivity contribution in [1.29, 1.82) is 0 Å². The van der Waals surface area contributed by atoms with Crippen LogP contribution in [-0.4, -0.2) is 26.8 Å². The summed E-state index contributed by atoms with van der Waals surface area (Å²) in [5.41, 5.74) is 2.84. The molecule has 164 valence electrons. The van der Waals surface area contributed by atoms with E-state index in [-0.39, 0.29) is 23.4 Å². The minimum atomic E-state index is -4.04. The maximum absolute atomic E-state index is 12.7. The van der Waals surface area contributed by atoms with Gasteiger partial charge in [-0.1, -0.05) is 44.9 Å². The van der Waals surface area contributed by atoms with Crippen LogP contribution in [0.4, 0.5) is 5.69 Å². The van der Waals surface area contributed by atoms with Crippen LogP contribution in [0.5, 0.6) is 5.75 Å². The average Bonchev–Trinajstić information content (AvgIpc) is 3.05. The summed E-state index contributed by atoms with van der Waals surface area (Å²) in [5, 5.41) is 0. The number of rotatable bonds is 5. The van der Waals surface area contributed by atoms with Gasteiger partial charge < -0.3 is 4.74 Å². The fourth-order valence-corrected chi connectivity index (χ4v) is 5.62. The Morgan fingerprint density at radius 3 is 2.45 bits per heavy atom. The van der Waals surface area contributed by atoms with E-state index in [1.54, 1.807) is 42.5 Å². The van der Waals surface area contributed by atoms with Crippen LogP contribution in [0.3, 0.4) is 0 Å². The number of hydrogen-bond donors (Lipinski definition) is 1. The van der Waals surface area contributed by atoms with Crippen LogP contribution in [0.25, 0.3) is 0 Å². The third-order valence-electron chi connectivity index (χ3n) is 6.57. The molecule has 0 spiro atoms. The summed E-state index contributed by atoms with van der Waals surface area (Å²) in [7, 11) is -4.04. The Hall–Kier alpha value is -2.87. The first-order chi connectivity index (χ1) is 14.8. The summed E-state index contributed by atoms with van der Waals surface area (Å²) in [6.07, 6.45) is 4.75. The van der Waals surface area contributed by atoms with E-state index in [1.165, 1.54) is 0 Å². The van der Waals surface area contributed by atoms with Crippen molar-refractivity contribution in [3.8, 4) is 5.75 Å². The number of ether oxygens (including phenoxy) is 1. The number of carbonyl (C=O) groups excluding carboxylic acids is 2. The molecule has 2 aromatic carbocycles. The minimum Gasteiger partial charge on any atom is -0.421 e. The molecular formula is C23H26N2O5S. The van der Waals surface area contributed by atoms with Crippen molar-refractivity contribution >= 4 is 27.8 Å². The number of esters is 1. The Labute approximate surface area is 182 Å². The number of amides is 1. The molecule has 0 atom stereocenters. The van der Waals surface area contributed by atoms with Crippen molar-refractivity contribution in [2.24, 2.45) is 5.41 Å². The molecule has 1 N–H and O–H groups in total. The molecule has 31 heavy (non-hydrogen) atoms. The highest BCUT2D eigenvalue weighted by molar-refractivity contribution is 7.92. The first-order valence-electron chi connectivity index (χ1n) is 10.5. The second-order valence-electron chi connectivity index (χ2n) is 8.26. The summed E-state index contributed by atoms with van der Waals surface area (Å²) in [6.45, 7) is 4.02. The number of benzene rings is 2. The van der Waals surface area contributed by atoms with Crippen LogP contribution >= 0.6 is 0 Å². The maximum atomic E-state index is 12.7. The third kappa shape index (κ3) is 4.04. The molecule has 1 aliphatic heterocycles. The normalized spacial score (nSPS) is 18.9. The maximum Gasteiger partial charge on any atom is 0.343 e. The van der Waals surface area contributed by atoms with Gasteiger partial charge in [-0.15, -0.1) is 0 Å². The van der Waals surface area contributed by atoms with Crippen molar-refractivity contribution in [3.05, 3.63) is 59.2 Å². The Kier molecular flexibility index (Phi) is 5.51. The largest absolute Gasteiger partial charge is 0.421 e. The van der Waals surface area contributed by atoms with Gasteiger partial charge in [0, 0.05) is 0 Å². The van der Waals surface area contributed by atoms with Gasteiger partial charge in [-0.3, -0.25) is 4.79 Å². The third-order valence-corrected chi connectivity index (χ3v) is 7.96. The molecule has 8 heteroatoms. The summed E-state index contributed by atoms with van der Waals surface area (Å²) in [6, 6.07) is 12.1. The Bertz CT molecular complexity index is 1120. The van der Waals surface area contributed by atoms with E-state index in [4.69, 9.17) is 4.74 Å². The van der Waals surface area contributed by atoms with Gasteiger partial charge in [-0.2, -0.15) is 8.42 Å². The van der Waals surface area contributed by atoms with Crippen LogP contribution in [0.2, 0.25) is 0 Å². The molecule has 0 aromatic heterocycles. The minimum absolute atomic E-state index is 0.146. The smallest absolute Gasteiger partial charge is 0.343 e. The molecule has 1 aliphatic carbocycles. The van der Waals surface area contributed by atoms with Crippen molar-refractivity contribution < 1.29 is 22.7 Å². The van der Waals surface area contributed by atoms with Gasteiger partial charge in [0.05, 0.1) is 11.3 Å². The van der Waals surface area contributed by atoms with Crippen molar-refractivity contribution in [3.63, 3.8) is 0 Å². The molecule has 4 rings (SSSR count). The van der Waals surface area contributed by atoms with Gasteiger partial charge in [0.25, 0.3) is 5.91 Å². The fourth-order valence-electron chi connectivity index (χ4n) is 4.47. The van der Waals surface area contributed by atoms with Gasteiger partial charge >= 0.3 is 16.2 Å². The molecule has 0 unspecified atom stereocenters. The Balaban J connectivity index is 1.78. The number of hydrogen-bond acceptors (Lipinski definition) is 5. The lowest BCUT2D eigenvalue weighted by molar-refractivity contribution is -0.117. The molecule has 2 aliphatic rings. The van der Waals surface area contributed by atoms with E-state index in [2.05, 4.69) is 13.8 Å². The lowest BCUT2D eigenvalue weighted by atomic mass is 9.68. The quantitative estimate of drug-likeness (QED) is 0.566. The molecule has 0 radical (unpaired) electrons. The molecular weight excluding hydrogens is 416 g/mol. The lowest BCUT2D eigenvalue weighted by Gasteiger charge is -2.37.